The second-order valence-corrected chi connectivity index (χ2v) is 6.06. The highest BCUT2D eigenvalue weighted by molar-refractivity contribution is 7.91. The summed E-state index contributed by atoms with van der Waals surface area (Å²) in [5.74, 6) is 0.443. The van der Waals surface area contributed by atoms with E-state index in [1.807, 2.05) is 0 Å². The Morgan fingerprint density at radius 2 is 2.00 bits per heavy atom. The number of aliphatic hydroxyl groups excluding tert-OH is 1. The predicted octanol–water partition coefficient (Wildman–Crippen LogP) is 0.994. The quantitative estimate of drug-likeness (QED) is 0.650. The molecule has 0 spiro atoms. The largest absolute Gasteiger partial charge is 0.493 e. The number of hydrogen-bond donors (Lipinski definition) is 3. The Morgan fingerprint density at radius 3 is 2.76 bits per heavy atom. The van der Waals surface area contributed by atoms with Gasteiger partial charge >= 0.3 is 10.2 Å². The zero-order chi connectivity index (χ0) is 15.3. The standard InChI is InChI=1S/C13H19N3O4S/c14-13-12-10(15-21(18,19)16-13)6-5-7-11(12)20-9-4-2-1-3-8-17/h5-7,15,17H,1-4,8-9H2,(H2,14,16). The lowest BCUT2D eigenvalue weighted by Crippen LogP contribution is -2.27. The van der Waals surface area contributed by atoms with Crippen LogP contribution in [0.4, 0.5) is 5.69 Å². The molecule has 0 saturated heterocycles. The summed E-state index contributed by atoms with van der Waals surface area (Å²) in [6.45, 7) is 0.710. The number of aliphatic hydroxyl groups is 1. The summed E-state index contributed by atoms with van der Waals surface area (Å²) in [7, 11) is -3.76. The number of rotatable bonds is 7. The summed E-state index contributed by atoms with van der Waals surface area (Å²) in [5.41, 5.74) is 6.57. The molecule has 0 fully saturated rings. The number of nitrogens with zero attached hydrogens (tertiary/aromatic N) is 1. The van der Waals surface area contributed by atoms with Crippen molar-refractivity contribution in [2.24, 2.45) is 10.1 Å². The number of nitrogens with one attached hydrogen (secondary N) is 1. The van der Waals surface area contributed by atoms with Gasteiger partial charge < -0.3 is 15.6 Å². The van der Waals surface area contributed by atoms with Crippen molar-refractivity contribution in [2.75, 3.05) is 17.9 Å². The zero-order valence-corrected chi connectivity index (χ0v) is 12.4. The summed E-state index contributed by atoms with van der Waals surface area (Å²) in [5, 5.41) is 8.69. The van der Waals surface area contributed by atoms with Gasteiger partial charge in [0.15, 0.2) is 5.84 Å². The molecule has 1 aromatic carbocycles. The van der Waals surface area contributed by atoms with Crippen molar-refractivity contribution >= 4 is 21.7 Å². The molecule has 1 aliphatic heterocycles. The summed E-state index contributed by atoms with van der Waals surface area (Å²) in [6.07, 6.45) is 3.57. The van der Waals surface area contributed by atoms with Crippen LogP contribution in [0.15, 0.2) is 22.6 Å². The number of hydrogen-bond acceptors (Lipinski definition) is 5. The van der Waals surface area contributed by atoms with Gasteiger partial charge in [0.05, 0.1) is 17.9 Å². The molecule has 116 valence electrons. The fraction of sp³-hybridized carbons (Fsp3) is 0.462. The molecule has 0 atom stereocenters. The molecule has 8 heteroatoms. The summed E-state index contributed by atoms with van der Waals surface area (Å²) in [6, 6.07) is 5.04. The fourth-order valence-electron chi connectivity index (χ4n) is 2.09. The van der Waals surface area contributed by atoms with E-state index in [0.29, 0.717) is 23.6 Å². The second kappa shape index (κ2) is 6.77. The average molecular weight is 313 g/mol. The van der Waals surface area contributed by atoms with Crippen molar-refractivity contribution < 1.29 is 18.3 Å². The lowest BCUT2D eigenvalue weighted by atomic mass is 10.1. The minimum atomic E-state index is -3.76. The number of unbranched alkanes of at least 4 members (excludes halogenated alkanes) is 3. The van der Waals surface area contributed by atoms with Crippen molar-refractivity contribution in [3.63, 3.8) is 0 Å². The summed E-state index contributed by atoms with van der Waals surface area (Å²) >= 11 is 0. The maximum Gasteiger partial charge on any atom is 0.344 e. The molecule has 4 N–H and O–H groups in total. The normalized spacial score (nSPS) is 15.8. The van der Waals surface area contributed by atoms with Gasteiger partial charge in [0, 0.05) is 6.61 Å². The van der Waals surface area contributed by atoms with E-state index in [1.54, 1.807) is 18.2 Å². The van der Waals surface area contributed by atoms with E-state index in [4.69, 9.17) is 15.6 Å². The molecule has 1 aromatic rings. The molecule has 0 aromatic heterocycles. The van der Waals surface area contributed by atoms with E-state index < -0.39 is 10.2 Å². The Kier molecular flexibility index (Phi) is 5.03. The maximum atomic E-state index is 11.5. The molecule has 2 rings (SSSR count). The Hall–Kier alpha value is -1.80. The number of anilines is 1. The van der Waals surface area contributed by atoms with Crippen LogP contribution in [0.3, 0.4) is 0 Å². The van der Waals surface area contributed by atoms with Crippen LogP contribution in [-0.4, -0.2) is 32.6 Å². The highest BCUT2D eigenvalue weighted by Crippen LogP contribution is 2.30. The lowest BCUT2D eigenvalue weighted by Gasteiger charge is -2.19. The van der Waals surface area contributed by atoms with E-state index in [2.05, 4.69) is 9.12 Å². The predicted molar refractivity (Wildman–Crippen MR) is 80.8 cm³/mol. The maximum absolute atomic E-state index is 11.5. The molecular formula is C13H19N3O4S. The molecule has 0 unspecified atom stereocenters. The first kappa shape index (κ1) is 15.6. The van der Waals surface area contributed by atoms with Crippen LogP contribution in [0.5, 0.6) is 5.75 Å². The van der Waals surface area contributed by atoms with E-state index in [9.17, 15) is 8.42 Å². The van der Waals surface area contributed by atoms with Gasteiger partial charge in [-0.1, -0.05) is 12.5 Å². The van der Waals surface area contributed by atoms with E-state index in [1.165, 1.54) is 0 Å². The van der Waals surface area contributed by atoms with Crippen LogP contribution in [0.2, 0.25) is 0 Å². The van der Waals surface area contributed by atoms with Gasteiger partial charge in [-0.3, -0.25) is 4.72 Å². The second-order valence-electron chi connectivity index (χ2n) is 4.72. The van der Waals surface area contributed by atoms with Crippen molar-refractivity contribution in [1.82, 2.24) is 0 Å². The number of amidine groups is 1. The van der Waals surface area contributed by atoms with E-state index in [0.717, 1.165) is 25.7 Å². The fourth-order valence-corrected chi connectivity index (χ4v) is 2.93. The minimum absolute atomic E-state index is 0.0698. The Morgan fingerprint density at radius 1 is 1.24 bits per heavy atom. The van der Waals surface area contributed by atoms with Gasteiger partial charge in [-0.2, -0.15) is 8.42 Å². The molecule has 0 amide bonds. The molecule has 0 aliphatic carbocycles. The Bertz CT molecular complexity index is 628. The molecule has 7 nitrogen and oxygen atoms in total. The Balaban J connectivity index is 2.03. The third-order valence-electron chi connectivity index (χ3n) is 3.05. The number of ether oxygens (including phenoxy) is 1. The first-order valence-corrected chi connectivity index (χ1v) is 8.23. The third kappa shape index (κ3) is 4.08. The van der Waals surface area contributed by atoms with E-state index in [-0.39, 0.29) is 12.4 Å². The smallest absolute Gasteiger partial charge is 0.344 e. The molecule has 0 bridgehead atoms. The van der Waals surface area contributed by atoms with Gasteiger partial charge in [0.1, 0.15) is 5.75 Å². The highest BCUT2D eigenvalue weighted by Gasteiger charge is 2.24. The van der Waals surface area contributed by atoms with Crippen LogP contribution < -0.4 is 15.2 Å². The molecule has 1 aliphatic rings. The first-order valence-electron chi connectivity index (χ1n) is 6.79. The number of benzene rings is 1. The number of nitrogens with two attached hydrogens (primary N) is 1. The Labute approximate surface area is 124 Å². The SMILES string of the molecule is NC1=NS(=O)(=O)Nc2cccc(OCCCCCCO)c21. The first-order chi connectivity index (χ1) is 10.0. The lowest BCUT2D eigenvalue weighted by molar-refractivity contribution is 0.273. The van der Waals surface area contributed by atoms with Gasteiger partial charge in [0.2, 0.25) is 0 Å². The topological polar surface area (TPSA) is 114 Å². The van der Waals surface area contributed by atoms with Gasteiger partial charge in [0.25, 0.3) is 0 Å². The van der Waals surface area contributed by atoms with Gasteiger partial charge in [-0.25, -0.2) is 0 Å². The monoisotopic (exact) mass is 313 g/mol. The minimum Gasteiger partial charge on any atom is -0.493 e. The molecule has 0 saturated carbocycles. The third-order valence-corrected chi connectivity index (χ3v) is 3.96. The molecule has 0 radical (unpaired) electrons. The molecule has 21 heavy (non-hydrogen) atoms. The van der Waals surface area contributed by atoms with Crippen molar-refractivity contribution in [1.29, 1.82) is 0 Å². The van der Waals surface area contributed by atoms with Crippen molar-refractivity contribution in [3.8, 4) is 5.75 Å². The van der Waals surface area contributed by atoms with Crippen LogP contribution >= 0.6 is 0 Å². The van der Waals surface area contributed by atoms with Crippen molar-refractivity contribution in [2.45, 2.75) is 25.7 Å². The van der Waals surface area contributed by atoms with E-state index >= 15 is 0 Å². The van der Waals surface area contributed by atoms with Crippen LogP contribution in [0.1, 0.15) is 31.2 Å². The molecular weight excluding hydrogens is 294 g/mol. The molecule has 1 heterocycles. The summed E-state index contributed by atoms with van der Waals surface area (Å²) < 4.78 is 34.3. The zero-order valence-electron chi connectivity index (χ0n) is 11.6. The van der Waals surface area contributed by atoms with Gasteiger partial charge in [-0.05, 0) is 31.4 Å². The average Bonchev–Trinajstić information content (AvgIpc) is 2.41. The van der Waals surface area contributed by atoms with Crippen LogP contribution in [0.25, 0.3) is 0 Å². The number of fused-ring (bicyclic) bond motifs is 1. The highest BCUT2D eigenvalue weighted by atomic mass is 32.2. The van der Waals surface area contributed by atoms with Crippen LogP contribution in [-0.2, 0) is 10.2 Å². The van der Waals surface area contributed by atoms with Crippen LogP contribution in [0, 0.1) is 0 Å². The summed E-state index contributed by atoms with van der Waals surface area (Å²) in [4.78, 5) is 0. The van der Waals surface area contributed by atoms with Crippen molar-refractivity contribution in [3.05, 3.63) is 23.8 Å². The van der Waals surface area contributed by atoms with Gasteiger partial charge in [-0.15, -0.1) is 4.40 Å².